The van der Waals surface area contributed by atoms with Gasteiger partial charge in [0.25, 0.3) is 0 Å². The van der Waals surface area contributed by atoms with Crippen LogP contribution in [0.5, 0.6) is 5.75 Å². The number of nitrogens with zero attached hydrogens (tertiary/aromatic N) is 1. The van der Waals surface area contributed by atoms with Crippen molar-refractivity contribution in [3.63, 3.8) is 0 Å². The van der Waals surface area contributed by atoms with E-state index in [0.717, 1.165) is 11.4 Å². The van der Waals surface area contributed by atoms with Crippen molar-refractivity contribution in [1.82, 2.24) is 4.57 Å². The molecule has 1 aromatic heterocycles. The second-order valence-corrected chi connectivity index (χ2v) is 3.52. The minimum absolute atomic E-state index is 0.0563. The van der Waals surface area contributed by atoms with Gasteiger partial charge in [-0.1, -0.05) is 0 Å². The highest BCUT2D eigenvalue weighted by atomic mass is 16.5. The smallest absolute Gasteiger partial charge is 0.176 e. The zero-order valence-electron chi connectivity index (χ0n) is 9.31. The first-order valence-corrected chi connectivity index (χ1v) is 5.05. The van der Waals surface area contributed by atoms with E-state index in [1.807, 2.05) is 47.2 Å². The van der Waals surface area contributed by atoms with E-state index in [1.165, 1.54) is 0 Å². The lowest BCUT2D eigenvalue weighted by Gasteiger charge is -2.07. The number of Topliss-reactive ketones (excluding diaryl/α,β-unsaturated/α-hetero) is 1. The van der Waals surface area contributed by atoms with Crippen molar-refractivity contribution in [2.24, 2.45) is 0 Å². The molecule has 2 aromatic rings. The Kier molecular flexibility index (Phi) is 2.77. The summed E-state index contributed by atoms with van der Waals surface area (Å²) in [5.74, 6) is 0.862. The highest BCUT2D eigenvalue weighted by molar-refractivity contribution is 5.93. The number of rotatable bonds is 3. The Hall–Kier alpha value is -2.03. The zero-order valence-corrected chi connectivity index (χ0v) is 9.31. The molecule has 82 valence electrons. The standard InChI is InChI=1S/C13H13NO2/c1-10(15)13-4-3-9-14(13)11-5-7-12(16-2)8-6-11/h3-9H,1-2H3. The number of aromatic nitrogens is 1. The van der Waals surface area contributed by atoms with Crippen LogP contribution < -0.4 is 4.74 Å². The largest absolute Gasteiger partial charge is 0.497 e. The predicted octanol–water partition coefficient (Wildman–Crippen LogP) is 2.69. The molecule has 0 spiro atoms. The number of ether oxygens (including phenoxy) is 1. The van der Waals surface area contributed by atoms with Crippen molar-refractivity contribution >= 4 is 5.78 Å². The summed E-state index contributed by atoms with van der Waals surface area (Å²) in [6, 6.07) is 11.3. The third-order valence-electron chi connectivity index (χ3n) is 2.46. The summed E-state index contributed by atoms with van der Waals surface area (Å²) in [5, 5.41) is 0. The van der Waals surface area contributed by atoms with Gasteiger partial charge in [-0.3, -0.25) is 4.79 Å². The van der Waals surface area contributed by atoms with Gasteiger partial charge in [-0.05, 0) is 36.4 Å². The minimum Gasteiger partial charge on any atom is -0.497 e. The highest BCUT2D eigenvalue weighted by Gasteiger charge is 2.06. The van der Waals surface area contributed by atoms with Gasteiger partial charge in [0.2, 0.25) is 0 Å². The number of hydrogen-bond acceptors (Lipinski definition) is 2. The second-order valence-electron chi connectivity index (χ2n) is 3.52. The van der Waals surface area contributed by atoms with E-state index >= 15 is 0 Å². The molecule has 1 heterocycles. The molecule has 0 aliphatic heterocycles. The molecule has 3 heteroatoms. The normalized spacial score (nSPS) is 10.1. The van der Waals surface area contributed by atoms with E-state index in [9.17, 15) is 4.79 Å². The molecule has 0 N–H and O–H groups in total. The average Bonchev–Trinajstić information content (AvgIpc) is 2.78. The topological polar surface area (TPSA) is 31.2 Å². The molecule has 0 aliphatic carbocycles. The van der Waals surface area contributed by atoms with E-state index in [-0.39, 0.29) is 5.78 Å². The number of carbonyl (C=O) groups excluding carboxylic acids is 1. The average molecular weight is 215 g/mol. The van der Waals surface area contributed by atoms with Gasteiger partial charge in [0.1, 0.15) is 5.75 Å². The van der Waals surface area contributed by atoms with Crippen molar-refractivity contribution in [3.05, 3.63) is 48.3 Å². The Balaban J connectivity index is 2.42. The van der Waals surface area contributed by atoms with Gasteiger partial charge in [0.05, 0.1) is 12.8 Å². The fourth-order valence-electron chi connectivity index (χ4n) is 1.64. The SMILES string of the molecule is COc1ccc(-n2cccc2C(C)=O)cc1. The van der Waals surface area contributed by atoms with Crippen LogP contribution in [0.4, 0.5) is 0 Å². The molecule has 0 bridgehead atoms. The molecular formula is C13H13NO2. The van der Waals surface area contributed by atoms with Crippen molar-refractivity contribution in [1.29, 1.82) is 0 Å². The fraction of sp³-hybridized carbons (Fsp3) is 0.154. The molecule has 0 radical (unpaired) electrons. The molecule has 0 atom stereocenters. The predicted molar refractivity (Wildman–Crippen MR) is 62.3 cm³/mol. The van der Waals surface area contributed by atoms with Crippen LogP contribution in [0.25, 0.3) is 5.69 Å². The number of carbonyl (C=O) groups is 1. The summed E-state index contributed by atoms with van der Waals surface area (Å²) >= 11 is 0. The molecular weight excluding hydrogens is 202 g/mol. The molecule has 16 heavy (non-hydrogen) atoms. The van der Waals surface area contributed by atoms with Gasteiger partial charge >= 0.3 is 0 Å². The maximum atomic E-state index is 11.4. The van der Waals surface area contributed by atoms with Gasteiger partial charge in [0.15, 0.2) is 5.78 Å². The van der Waals surface area contributed by atoms with Gasteiger partial charge in [-0.25, -0.2) is 0 Å². The van der Waals surface area contributed by atoms with Crippen LogP contribution in [-0.2, 0) is 0 Å². The lowest BCUT2D eigenvalue weighted by molar-refractivity contribution is 0.101. The molecule has 2 rings (SSSR count). The van der Waals surface area contributed by atoms with Crippen LogP contribution in [0.15, 0.2) is 42.6 Å². The van der Waals surface area contributed by atoms with E-state index in [1.54, 1.807) is 14.0 Å². The third kappa shape index (κ3) is 1.84. The molecule has 0 saturated heterocycles. The Bertz CT molecular complexity index is 497. The monoisotopic (exact) mass is 215 g/mol. The Morgan fingerprint density at radius 2 is 1.88 bits per heavy atom. The minimum atomic E-state index is 0.0563. The first-order chi connectivity index (χ1) is 7.72. The summed E-state index contributed by atoms with van der Waals surface area (Å²) in [7, 11) is 1.63. The quantitative estimate of drug-likeness (QED) is 0.737. The first kappa shape index (κ1) is 10.5. The van der Waals surface area contributed by atoms with E-state index in [2.05, 4.69) is 0 Å². The van der Waals surface area contributed by atoms with E-state index in [4.69, 9.17) is 4.74 Å². The summed E-state index contributed by atoms with van der Waals surface area (Å²) in [6.45, 7) is 1.56. The molecule has 0 saturated carbocycles. The second kappa shape index (κ2) is 4.23. The first-order valence-electron chi connectivity index (χ1n) is 5.05. The van der Waals surface area contributed by atoms with Gasteiger partial charge in [-0.2, -0.15) is 0 Å². The summed E-state index contributed by atoms with van der Waals surface area (Å²) in [5.41, 5.74) is 1.64. The fourth-order valence-corrected chi connectivity index (χ4v) is 1.64. The van der Waals surface area contributed by atoms with Gasteiger partial charge in [-0.15, -0.1) is 0 Å². The zero-order chi connectivity index (χ0) is 11.5. The Morgan fingerprint density at radius 3 is 2.44 bits per heavy atom. The molecule has 3 nitrogen and oxygen atoms in total. The number of benzene rings is 1. The maximum Gasteiger partial charge on any atom is 0.176 e. The Morgan fingerprint density at radius 1 is 1.19 bits per heavy atom. The summed E-state index contributed by atoms with van der Waals surface area (Å²) in [6.07, 6.45) is 1.87. The van der Waals surface area contributed by atoms with Crippen LogP contribution in [0.1, 0.15) is 17.4 Å². The van der Waals surface area contributed by atoms with Crippen molar-refractivity contribution < 1.29 is 9.53 Å². The molecule has 0 amide bonds. The van der Waals surface area contributed by atoms with E-state index < -0.39 is 0 Å². The third-order valence-corrected chi connectivity index (χ3v) is 2.46. The Labute approximate surface area is 94.3 Å². The van der Waals surface area contributed by atoms with Gasteiger partial charge in [0, 0.05) is 18.8 Å². The van der Waals surface area contributed by atoms with Crippen LogP contribution in [0.3, 0.4) is 0 Å². The highest BCUT2D eigenvalue weighted by Crippen LogP contribution is 2.17. The van der Waals surface area contributed by atoms with Crippen molar-refractivity contribution in [2.75, 3.05) is 7.11 Å². The molecule has 0 fully saturated rings. The van der Waals surface area contributed by atoms with Crippen LogP contribution in [-0.4, -0.2) is 17.5 Å². The lowest BCUT2D eigenvalue weighted by atomic mass is 10.2. The molecule has 0 aliphatic rings. The molecule has 1 aromatic carbocycles. The number of hydrogen-bond donors (Lipinski definition) is 0. The van der Waals surface area contributed by atoms with Gasteiger partial charge < -0.3 is 9.30 Å². The summed E-state index contributed by atoms with van der Waals surface area (Å²) < 4.78 is 6.95. The number of ketones is 1. The molecule has 0 unspecified atom stereocenters. The van der Waals surface area contributed by atoms with Crippen LogP contribution in [0, 0.1) is 0 Å². The lowest BCUT2D eigenvalue weighted by Crippen LogP contribution is -2.02. The van der Waals surface area contributed by atoms with Crippen molar-refractivity contribution in [2.45, 2.75) is 6.92 Å². The number of methoxy groups -OCH3 is 1. The van der Waals surface area contributed by atoms with E-state index in [0.29, 0.717) is 5.69 Å². The van der Waals surface area contributed by atoms with Crippen LogP contribution in [0.2, 0.25) is 0 Å². The van der Waals surface area contributed by atoms with Crippen LogP contribution >= 0.6 is 0 Å². The summed E-state index contributed by atoms with van der Waals surface area (Å²) in [4.78, 5) is 11.4. The maximum absolute atomic E-state index is 11.4. The van der Waals surface area contributed by atoms with Crippen molar-refractivity contribution in [3.8, 4) is 11.4 Å².